The molecule has 0 bridgehead atoms. The van der Waals surface area contributed by atoms with Gasteiger partial charge in [0.25, 0.3) is 0 Å². The van der Waals surface area contributed by atoms with Crippen molar-refractivity contribution in [3.05, 3.63) is 70.6 Å². The van der Waals surface area contributed by atoms with Gasteiger partial charge in [-0.1, -0.05) is 30.3 Å². The number of hydrogen-bond donors (Lipinski definition) is 0. The number of para-hydroxylation sites is 1. The number of rotatable bonds is 7. The molecule has 0 radical (unpaired) electrons. The van der Waals surface area contributed by atoms with E-state index in [-0.39, 0.29) is 18.5 Å². The third-order valence-corrected chi connectivity index (χ3v) is 4.75. The molecular formula is C20H21N5O3. The summed E-state index contributed by atoms with van der Waals surface area (Å²) in [5, 5.41) is 7.77. The molecule has 1 aliphatic carbocycles. The molecule has 144 valence electrons. The molecule has 1 aliphatic rings. The van der Waals surface area contributed by atoms with Crippen LogP contribution in [0.25, 0.3) is 5.69 Å². The van der Waals surface area contributed by atoms with Crippen molar-refractivity contribution in [1.82, 2.24) is 24.7 Å². The van der Waals surface area contributed by atoms with Crippen molar-refractivity contribution in [2.45, 2.75) is 32.0 Å². The van der Waals surface area contributed by atoms with E-state index in [1.54, 1.807) is 19.2 Å². The third-order valence-electron chi connectivity index (χ3n) is 4.75. The van der Waals surface area contributed by atoms with Gasteiger partial charge in [0.2, 0.25) is 5.91 Å². The van der Waals surface area contributed by atoms with E-state index >= 15 is 0 Å². The van der Waals surface area contributed by atoms with Gasteiger partial charge in [0.15, 0.2) is 0 Å². The first-order valence-corrected chi connectivity index (χ1v) is 9.16. The topological polar surface area (TPSA) is 82.2 Å². The van der Waals surface area contributed by atoms with Crippen LogP contribution in [-0.2, 0) is 17.9 Å². The maximum Gasteiger partial charge on any atom is 0.368 e. The molecule has 1 fully saturated rings. The molecule has 1 amide bonds. The van der Waals surface area contributed by atoms with Crippen LogP contribution in [0.2, 0.25) is 0 Å². The summed E-state index contributed by atoms with van der Waals surface area (Å²) in [4.78, 5) is 27.3. The predicted molar refractivity (Wildman–Crippen MR) is 102 cm³/mol. The first-order valence-electron chi connectivity index (χ1n) is 9.16. The maximum atomic E-state index is 12.9. The molecular weight excluding hydrogens is 358 g/mol. The van der Waals surface area contributed by atoms with Gasteiger partial charge in [-0.05, 0) is 53.1 Å². The highest BCUT2D eigenvalue weighted by atomic mass is 16.5. The zero-order valence-electron chi connectivity index (χ0n) is 15.6. The fraction of sp³-hybridized carbons (Fsp3) is 0.300. The van der Waals surface area contributed by atoms with E-state index in [1.807, 2.05) is 47.4 Å². The SMILES string of the molecule is COc1ccc(CN(C(=O)Cn2nnn(-c3ccccc3)c2=O)C2CC2)cc1. The van der Waals surface area contributed by atoms with E-state index in [1.165, 1.54) is 4.68 Å². The first kappa shape index (κ1) is 18.0. The summed E-state index contributed by atoms with van der Waals surface area (Å²) >= 11 is 0. The minimum Gasteiger partial charge on any atom is -0.497 e. The minimum absolute atomic E-state index is 0.127. The summed E-state index contributed by atoms with van der Waals surface area (Å²) in [5.41, 5.74) is 1.20. The highest BCUT2D eigenvalue weighted by molar-refractivity contribution is 5.76. The summed E-state index contributed by atoms with van der Waals surface area (Å²) < 4.78 is 7.48. The highest BCUT2D eigenvalue weighted by Gasteiger charge is 2.33. The Morgan fingerprint density at radius 2 is 1.82 bits per heavy atom. The Morgan fingerprint density at radius 1 is 1.11 bits per heavy atom. The van der Waals surface area contributed by atoms with Crippen molar-refractivity contribution in [3.8, 4) is 11.4 Å². The molecule has 0 aliphatic heterocycles. The Labute approximate surface area is 161 Å². The van der Waals surface area contributed by atoms with Gasteiger partial charge in [0.05, 0.1) is 12.8 Å². The smallest absolute Gasteiger partial charge is 0.368 e. The first-order chi connectivity index (χ1) is 13.7. The zero-order chi connectivity index (χ0) is 19.5. The van der Waals surface area contributed by atoms with Crippen LogP contribution in [0.3, 0.4) is 0 Å². The zero-order valence-corrected chi connectivity index (χ0v) is 15.6. The largest absolute Gasteiger partial charge is 0.497 e. The lowest BCUT2D eigenvalue weighted by Gasteiger charge is -2.22. The second kappa shape index (κ2) is 7.67. The van der Waals surface area contributed by atoms with Crippen LogP contribution in [0.15, 0.2) is 59.4 Å². The Balaban J connectivity index is 1.49. The predicted octanol–water partition coefficient (Wildman–Crippen LogP) is 1.63. The molecule has 1 saturated carbocycles. The van der Waals surface area contributed by atoms with Crippen LogP contribution < -0.4 is 10.4 Å². The molecule has 4 rings (SSSR count). The van der Waals surface area contributed by atoms with Crippen LogP contribution in [0, 0.1) is 0 Å². The lowest BCUT2D eigenvalue weighted by Crippen LogP contribution is -2.38. The molecule has 0 unspecified atom stereocenters. The van der Waals surface area contributed by atoms with Crippen molar-refractivity contribution < 1.29 is 9.53 Å². The fourth-order valence-corrected chi connectivity index (χ4v) is 3.06. The Hall–Kier alpha value is -3.42. The van der Waals surface area contributed by atoms with Crippen molar-refractivity contribution in [3.63, 3.8) is 0 Å². The van der Waals surface area contributed by atoms with Gasteiger partial charge < -0.3 is 9.64 Å². The Bertz CT molecular complexity index is 1010. The average Bonchev–Trinajstić information content (AvgIpc) is 3.51. The number of amides is 1. The lowest BCUT2D eigenvalue weighted by molar-refractivity contribution is -0.133. The van der Waals surface area contributed by atoms with Gasteiger partial charge in [0, 0.05) is 12.6 Å². The number of carbonyl (C=O) groups is 1. The van der Waals surface area contributed by atoms with Crippen LogP contribution in [0.1, 0.15) is 18.4 Å². The molecule has 0 atom stereocenters. The number of tetrazole rings is 1. The number of methoxy groups -OCH3 is 1. The molecule has 0 saturated heterocycles. The van der Waals surface area contributed by atoms with Crippen molar-refractivity contribution in [2.75, 3.05) is 7.11 Å². The second-order valence-electron chi connectivity index (χ2n) is 6.77. The molecule has 3 aromatic rings. The fourth-order valence-electron chi connectivity index (χ4n) is 3.06. The number of aromatic nitrogens is 4. The quantitative estimate of drug-likeness (QED) is 0.623. The Morgan fingerprint density at radius 3 is 2.46 bits per heavy atom. The summed E-state index contributed by atoms with van der Waals surface area (Å²) in [6.45, 7) is 0.368. The van der Waals surface area contributed by atoms with E-state index in [0.717, 1.165) is 28.8 Å². The van der Waals surface area contributed by atoms with Crippen molar-refractivity contribution in [1.29, 1.82) is 0 Å². The normalized spacial score (nSPS) is 13.3. The summed E-state index contributed by atoms with van der Waals surface area (Å²) in [7, 11) is 1.62. The van der Waals surface area contributed by atoms with Crippen LogP contribution in [0.4, 0.5) is 0 Å². The molecule has 1 aromatic heterocycles. The van der Waals surface area contributed by atoms with E-state index in [9.17, 15) is 9.59 Å². The van der Waals surface area contributed by atoms with Crippen LogP contribution in [0.5, 0.6) is 5.75 Å². The van der Waals surface area contributed by atoms with E-state index < -0.39 is 5.69 Å². The summed E-state index contributed by atoms with van der Waals surface area (Å²) in [5.74, 6) is 0.637. The Kier molecular flexibility index (Phi) is 4.92. The molecule has 0 N–H and O–H groups in total. The molecule has 2 aromatic carbocycles. The average molecular weight is 379 g/mol. The number of benzene rings is 2. The standard InChI is InChI=1S/C20H21N5O3/c1-28-18-11-7-15(8-12-18)13-23(16-9-10-16)19(26)14-24-20(27)25(22-21-24)17-5-3-2-4-6-17/h2-8,11-12,16H,9-10,13-14H2,1H3. The third kappa shape index (κ3) is 3.80. The van der Waals surface area contributed by atoms with Crippen LogP contribution in [-0.4, -0.2) is 43.7 Å². The minimum atomic E-state index is -0.431. The summed E-state index contributed by atoms with van der Waals surface area (Å²) in [6.07, 6.45) is 1.96. The van der Waals surface area contributed by atoms with Gasteiger partial charge in [-0.25, -0.2) is 4.79 Å². The molecule has 28 heavy (non-hydrogen) atoms. The van der Waals surface area contributed by atoms with Gasteiger partial charge in [-0.15, -0.1) is 0 Å². The monoisotopic (exact) mass is 379 g/mol. The number of hydrogen-bond acceptors (Lipinski definition) is 5. The highest BCUT2D eigenvalue weighted by Crippen LogP contribution is 2.29. The molecule has 8 heteroatoms. The van der Waals surface area contributed by atoms with E-state index in [4.69, 9.17) is 4.74 Å². The molecule has 1 heterocycles. The van der Waals surface area contributed by atoms with Crippen molar-refractivity contribution in [2.24, 2.45) is 0 Å². The molecule has 0 spiro atoms. The van der Waals surface area contributed by atoms with Gasteiger partial charge in [-0.3, -0.25) is 4.79 Å². The van der Waals surface area contributed by atoms with Gasteiger partial charge >= 0.3 is 5.69 Å². The van der Waals surface area contributed by atoms with Crippen LogP contribution >= 0.6 is 0 Å². The van der Waals surface area contributed by atoms with Gasteiger partial charge in [0.1, 0.15) is 12.3 Å². The lowest BCUT2D eigenvalue weighted by atomic mass is 10.2. The summed E-state index contributed by atoms with van der Waals surface area (Å²) in [6, 6.07) is 16.9. The maximum absolute atomic E-state index is 12.9. The van der Waals surface area contributed by atoms with E-state index in [0.29, 0.717) is 12.2 Å². The van der Waals surface area contributed by atoms with E-state index in [2.05, 4.69) is 10.4 Å². The molecule has 8 nitrogen and oxygen atoms in total. The number of nitrogens with zero attached hydrogens (tertiary/aromatic N) is 5. The van der Waals surface area contributed by atoms with Gasteiger partial charge in [-0.2, -0.15) is 9.36 Å². The number of carbonyl (C=O) groups excluding carboxylic acids is 1. The number of ether oxygens (including phenoxy) is 1. The van der Waals surface area contributed by atoms with Crippen molar-refractivity contribution >= 4 is 5.91 Å². The second-order valence-corrected chi connectivity index (χ2v) is 6.77.